The predicted molar refractivity (Wildman–Crippen MR) is 119 cm³/mol. The molecule has 3 aromatic rings. The molecule has 0 aliphatic rings. The van der Waals surface area contributed by atoms with Crippen molar-refractivity contribution < 1.29 is 0 Å². The Morgan fingerprint density at radius 1 is 1.08 bits per heavy atom. The van der Waals surface area contributed by atoms with Crippen LogP contribution in [0, 0.1) is 6.92 Å². The minimum absolute atomic E-state index is 0. The van der Waals surface area contributed by atoms with Crippen molar-refractivity contribution in [3.63, 3.8) is 0 Å². The second kappa shape index (κ2) is 9.56. The molecule has 3 rings (SSSR count). The van der Waals surface area contributed by atoms with Crippen LogP contribution in [0.25, 0.3) is 11.0 Å². The number of benzene rings is 2. The van der Waals surface area contributed by atoms with Crippen LogP contribution in [0.4, 0.5) is 0 Å². The van der Waals surface area contributed by atoms with Crippen LogP contribution in [0.15, 0.2) is 53.5 Å². The minimum atomic E-state index is 0. The van der Waals surface area contributed by atoms with Crippen molar-refractivity contribution in [1.82, 2.24) is 20.2 Å². The number of imidazole rings is 1. The highest BCUT2D eigenvalue weighted by Crippen LogP contribution is 2.13. The molecular weight excluding hydrogens is 437 g/mol. The lowest BCUT2D eigenvalue weighted by atomic mass is 10.1. The Bertz CT molecular complexity index is 868. The molecule has 1 aromatic heterocycles. The molecule has 0 bridgehead atoms. The van der Waals surface area contributed by atoms with Crippen LogP contribution in [0.2, 0.25) is 0 Å². The van der Waals surface area contributed by atoms with Gasteiger partial charge in [0, 0.05) is 13.6 Å². The van der Waals surface area contributed by atoms with E-state index in [9.17, 15) is 0 Å². The second-order valence-electron chi connectivity index (χ2n) is 6.11. The van der Waals surface area contributed by atoms with Gasteiger partial charge in [-0.05, 0) is 31.5 Å². The lowest BCUT2D eigenvalue weighted by Gasteiger charge is -2.11. The van der Waals surface area contributed by atoms with Crippen LogP contribution in [0.1, 0.15) is 23.9 Å². The van der Waals surface area contributed by atoms with Crippen molar-refractivity contribution in [2.24, 2.45) is 12.0 Å². The smallest absolute Gasteiger partial charge is 0.191 e. The van der Waals surface area contributed by atoms with Gasteiger partial charge in [0.25, 0.3) is 0 Å². The second-order valence-corrected chi connectivity index (χ2v) is 6.11. The summed E-state index contributed by atoms with van der Waals surface area (Å²) in [5.41, 5.74) is 4.62. The summed E-state index contributed by atoms with van der Waals surface area (Å²) in [6, 6.07) is 16.6. The number of nitrogens with one attached hydrogen (secondary N) is 2. The van der Waals surface area contributed by atoms with Crippen molar-refractivity contribution in [2.45, 2.75) is 26.9 Å². The fraction of sp³-hybridized carbons (Fsp3) is 0.300. The van der Waals surface area contributed by atoms with E-state index < -0.39 is 0 Å². The standard InChI is InChI=1S/C20H25N5.HI/c1-4-21-20(22-13-16-11-9-15(2)10-12-16)23-14-19-24-17-7-5-6-8-18(17)25(19)3;/h5-12H,4,13-14H2,1-3H3,(H2,21,22,23);1H. The van der Waals surface area contributed by atoms with E-state index in [0.717, 1.165) is 29.4 Å². The van der Waals surface area contributed by atoms with E-state index in [4.69, 9.17) is 4.98 Å². The molecule has 138 valence electrons. The zero-order valence-electron chi connectivity index (χ0n) is 15.5. The molecule has 0 aliphatic carbocycles. The van der Waals surface area contributed by atoms with Crippen LogP contribution < -0.4 is 10.6 Å². The largest absolute Gasteiger partial charge is 0.357 e. The fourth-order valence-electron chi connectivity index (χ4n) is 2.72. The summed E-state index contributed by atoms with van der Waals surface area (Å²) in [6.07, 6.45) is 0. The topological polar surface area (TPSA) is 54.2 Å². The molecule has 0 fully saturated rings. The van der Waals surface area contributed by atoms with Crippen molar-refractivity contribution in [3.8, 4) is 0 Å². The predicted octanol–water partition coefficient (Wildman–Crippen LogP) is 3.76. The van der Waals surface area contributed by atoms with Crippen LogP contribution in [-0.4, -0.2) is 22.1 Å². The average Bonchev–Trinajstić information content (AvgIpc) is 2.95. The quantitative estimate of drug-likeness (QED) is 0.344. The van der Waals surface area contributed by atoms with Crippen LogP contribution in [0.5, 0.6) is 0 Å². The normalized spacial score (nSPS) is 11.3. The third-order valence-electron chi connectivity index (χ3n) is 4.18. The first-order valence-electron chi connectivity index (χ1n) is 8.65. The number of rotatable bonds is 5. The number of aromatic nitrogens is 2. The number of para-hydroxylation sites is 2. The zero-order valence-corrected chi connectivity index (χ0v) is 17.8. The maximum Gasteiger partial charge on any atom is 0.191 e. The summed E-state index contributed by atoms with van der Waals surface area (Å²) in [7, 11) is 2.04. The number of aryl methyl sites for hydroxylation is 2. The summed E-state index contributed by atoms with van der Waals surface area (Å²) in [6.45, 7) is 6.26. The lowest BCUT2D eigenvalue weighted by Crippen LogP contribution is -2.37. The Hall–Kier alpha value is -2.09. The first kappa shape index (κ1) is 20.2. The van der Waals surface area contributed by atoms with E-state index in [0.29, 0.717) is 13.1 Å². The third kappa shape index (κ3) is 4.97. The van der Waals surface area contributed by atoms with E-state index >= 15 is 0 Å². The van der Waals surface area contributed by atoms with Crippen molar-refractivity contribution in [3.05, 3.63) is 65.5 Å². The van der Waals surface area contributed by atoms with E-state index in [-0.39, 0.29) is 24.0 Å². The summed E-state index contributed by atoms with van der Waals surface area (Å²) < 4.78 is 2.12. The fourth-order valence-corrected chi connectivity index (χ4v) is 2.72. The number of halogens is 1. The lowest BCUT2D eigenvalue weighted by molar-refractivity contribution is 0.738. The molecule has 6 heteroatoms. The van der Waals surface area contributed by atoms with E-state index in [2.05, 4.69) is 64.4 Å². The SMILES string of the molecule is CCNC(=NCc1ccc(C)cc1)NCc1nc2ccccc2n1C.I. The first-order valence-corrected chi connectivity index (χ1v) is 8.65. The number of guanidine groups is 1. The molecule has 1 heterocycles. The Kier molecular flexibility index (Phi) is 7.44. The monoisotopic (exact) mass is 463 g/mol. The maximum atomic E-state index is 4.69. The van der Waals surface area contributed by atoms with Gasteiger partial charge in [-0.2, -0.15) is 0 Å². The minimum Gasteiger partial charge on any atom is -0.357 e. The molecule has 0 saturated heterocycles. The average molecular weight is 463 g/mol. The van der Waals surface area contributed by atoms with Crippen LogP contribution in [0.3, 0.4) is 0 Å². The molecule has 0 saturated carbocycles. The number of fused-ring (bicyclic) bond motifs is 1. The summed E-state index contributed by atoms with van der Waals surface area (Å²) in [5.74, 6) is 1.79. The van der Waals surface area contributed by atoms with Gasteiger partial charge in [-0.3, -0.25) is 0 Å². The van der Waals surface area contributed by atoms with E-state index in [1.165, 1.54) is 11.1 Å². The van der Waals surface area contributed by atoms with Gasteiger partial charge >= 0.3 is 0 Å². The number of hydrogen-bond donors (Lipinski definition) is 2. The molecule has 0 unspecified atom stereocenters. The van der Waals surface area contributed by atoms with Crippen LogP contribution >= 0.6 is 24.0 Å². The molecular formula is C20H26IN5. The molecule has 5 nitrogen and oxygen atoms in total. The Labute approximate surface area is 172 Å². The molecule has 2 aromatic carbocycles. The maximum absolute atomic E-state index is 4.69. The van der Waals surface area contributed by atoms with Gasteiger partial charge in [-0.1, -0.05) is 42.0 Å². The van der Waals surface area contributed by atoms with Crippen molar-refractivity contribution >= 4 is 41.0 Å². The van der Waals surface area contributed by atoms with Crippen molar-refractivity contribution in [2.75, 3.05) is 6.54 Å². The third-order valence-corrected chi connectivity index (χ3v) is 4.18. The molecule has 0 amide bonds. The van der Waals surface area contributed by atoms with E-state index in [1.54, 1.807) is 0 Å². The molecule has 0 spiro atoms. The van der Waals surface area contributed by atoms with Crippen molar-refractivity contribution in [1.29, 1.82) is 0 Å². The molecule has 0 aliphatic heterocycles. The highest BCUT2D eigenvalue weighted by atomic mass is 127. The van der Waals surface area contributed by atoms with Gasteiger partial charge in [0.05, 0.1) is 24.1 Å². The first-order chi connectivity index (χ1) is 12.2. The van der Waals surface area contributed by atoms with E-state index in [1.807, 2.05) is 25.2 Å². The van der Waals surface area contributed by atoms with Gasteiger partial charge in [0.15, 0.2) is 5.96 Å². The molecule has 0 radical (unpaired) electrons. The van der Waals surface area contributed by atoms with Crippen LogP contribution in [-0.2, 0) is 20.1 Å². The van der Waals surface area contributed by atoms with Gasteiger partial charge < -0.3 is 15.2 Å². The highest BCUT2D eigenvalue weighted by molar-refractivity contribution is 14.0. The number of nitrogens with zero attached hydrogens (tertiary/aromatic N) is 3. The summed E-state index contributed by atoms with van der Waals surface area (Å²) in [5, 5.41) is 6.67. The Balaban J connectivity index is 0.00000243. The van der Waals surface area contributed by atoms with Gasteiger partial charge in [0.1, 0.15) is 5.82 Å². The summed E-state index contributed by atoms with van der Waals surface area (Å²) >= 11 is 0. The Morgan fingerprint density at radius 3 is 2.50 bits per heavy atom. The van der Waals surface area contributed by atoms with Gasteiger partial charge in [0.2, 0.25) is 0 Å². The zero-order chi connectivity index (χ0) is 17.6. The Morgan fingerprint density at radius 2 is 1.81 bits per heavy atom. The number of hydrogen-bond acceptors (Lipinski definition) is 2. The van der Waals surface area contributed by atoms with Gasteiger partial charge in [-0.25, -0.2) is 9.98 Å². The highest BCUT2D eigenvalue weighted by Gasteiger charge is 2.07. The molecule has 26 heavy (non-hydrogen) atoms. The molecule has 2 N–H and O–H groups in total. The summed E-state index contributed by atoms with van der Waals surface area (Å²) in [4.78, 5) is 9.36. The molecule has 0 atom stereocenters. The number of aliphatic imine (C=N–C) groups is 1. The van der Waals surface area contributed by atoms with Gasteiger partial charge in [-0.15, -0.1) is 24.0 Å².